The van der Waals surface area contributed by atoms with Crippen molar-refractivity contribution >= 4 is 5.91 Å². The second-order valence-corrected chi connectivity index (χ2v) is 6.58. The number of aromatic nitrogens is 2. The van der Waals surface area contributed by atoms with Crippen LogP contribution in [0.2, 0.25) is 0 Å². The number of hydrogen-bond acceptors (Lipinski definition) is 2. The molecule has 4 nitrogen and oxygen atoms in total. The summed E-state index contributed by atoms with van der Waals surface area (Å²) in [6.07, 6.45) is 5.36. The predicted octanol–water partition coefficient (Wildman–Crippen LogP) is 3.81. The van der Waals surface area contributed by atoms with Gasteiger partial charge in [0.05, 0.1) is 12.0 Å². The lowest BCUT2D eigenvalue weighted by atomic mass is 9.94. The van der Waals surface area contributed by atoms with E-state index in [0.717, 1.165) is 36.3 Å². The Morgan fingerprint density at radius 2 is 1.96 bits per heavy atom. The number of hydrogen-bond donors (Lipinski definition) is 1. The first-order valence-electron chi connectivity index (χ1n) is 8.84. The highest BCUT2D eigenvalue weighted by molar-refractivity contribution is 5.83. The average Bonchev–Trinajstić information content (AvgIpc) is 3.15. The van der Waals surface area contributed by atoms with E-state index in [1.807, 2.05) is 47.2 Å². The molecule has 2 aromatic carbocycles. The fourth-order valence-electron chi connectivity index (χ4n) is 3.60. The van der Waals surface area contributed by atoms with Crippen LogP contribution in [0.25, 0.3) is 0 Å². The normalized spacial score (nSPS) is 17.3. The second kappa shape index (κ2) is 7.12. The Labute approximate surface area is 151 Å². The Hall–Kier alpha value is -2.95. The molecule has 0 saturated carbocycles. The monoisotopic (exact) mass is 349 g/mol. The molecular formula is C21H20FN3O. The zero-order valence-electron chi connectivity index (χ0n) is 14.3. The van der Waals surface area contributed by atoms with Crippen molar-refractivity contribution in [1.82, 2.24) is 14.9 Å². The van der Waals surface area contributed by atoms with Crippen molar-refractivity contribution < 1.29 is 9.18 Å². The first kappa shape index (κ1) is 16.5. The molecule has 3 aromatic rings. The third kappa shape index (κ3) is 3.25. The maximum absolute atomic E-state index is 13.8. The number of halogens is 1. The molecular weight excluding hydrogens is 329 g/mol. The van der Waals surface area contributed by atoms with E-state index in [2.05, 4.69) is 10.3 Å². The van der Waals surface area contributed by atoms with E-state index < -0.39 is 6.04 Å². The molecule has 0 saturated heterocycles. The van der Waals surface area contributed by atoms with Crippen molar-refractivity contribution in [3.8, 4) is 0 Å². The lowest BCUT2D eigenvalue weighted by molar-refractivity contribution is -0.123. The van der Waals surface area contributed by atoms with Crippen molar-refractivity contribution in [3.05, 3.63) is 89.8 Å². The Kier molecular flexibility index (Phi) is 4.52. The lowest BCUT2D eigenvalue weighted by Gasteiger charge is -2.26. The summed E-state index contributed by atoms with van der Waals surface area (Å²) in [7, 11) is 0. The fourth-order valence-corrected chi connectivity index (χ4v) is 3.60. The fraction of sp³-hybridized carbons (Fsp3) is 0.238. The molecule has 132 valence electrons. The number of imidazole rings is 1. The van der Waals surface area contributed by atoms with Crippen LogP contribution < -0.4 is 5.32 Å². The van der Waals surface area contributed by atoms with Gasteiger partial charge >= 0.3 is 0 Å². The molecule has 1 N–H and O–H groups in total. The number of carbonyl (C=O) groups is 1. The van der Waals surface area contributed by atoms with E-state index in [4.69, 9.17) is 0 Å². The van der Waals surface area contributed by atoms with Crippen LogP contribution in [0.5, 0.6) is 0 Å². The van der Waals surface area contributed by atoms with E-state index in [9.17, 15) is 9.18 Å². The molecule has 0 fully saturated rings. The Bertz CT molecular complexity index is 906. The Morgan fingerprint density at radius 1 is 1.15 bits per heavy atom. The summed E-state index contributed by atoms with van der Waals surface area (Å²) in [6.45, 7) is 0.894. The number of nitrogens with zero attached hydrogens (tertiary/aromatic N) is 2. The quantitative estimate of drug-likeness (QED) is 0.779. The summed E-state index contributed by atoms with van der Waals surface area (Å²) >= 11 is 0. The van der Waals surface area contributed by atoms with Crippen LogP contribution in [0.1, 0.15) is 41.8 Å². The molecule has 5 heteroatoms. The number of aryl methyl sites for hydroxylation is 1. The highest BCUT2D eigenvalue weighted by Crippen LogP contribution is 2.29. The van der Waals surface area contributed by atoms with Crippen molar-refractivity contribution in [1.29, 1.82) is 0 Å². The average molecular weight is 349 g/mol. The minimum atomic E-state index is -0.398. The van der Waals surface area contributed by atoms with Gasteiger partial charge in [-0.1, -0.05) is 42.5 Å². The van der Waals surface area contributed by atoms with Crippen LogP contribution in [0.3, 0.4) is 0 Å². The SMILES string of the molecule is O=C(N[C@@H](c1ccccc1)c1cccc(F)c1)[C@@H]1CCCn2ccnc21. The summed E-state index contributed by atoms with van der Waals surface area (Å²) in [4.78, 5) is 17.4. The molecule has 0 spiro atoms. The van der Waals surface area contributed by atoms with Crippen LogP contribution in [-0.4, -0.2) is 15.5 Å². The molecule has 0 unspecified atom stereocenters. The minimum Gasteiger partial charge on any atom is -0.345 e. The molecule has 0 aliphatic carbocycles. The summed E-state index contributed by atoms with van der Waals surface area (Å²) in [6, 6.07) is 15.6. The minimum absolute atomic E-state index is 0.0738. The number of nitrogens with one attached hydrogen (secondary N) is 1. The van der Waals surface area contributed by atoms with Gasteiger partial charge in [0.25, 0.3) is 0 Å². The largest absolute Gasteiger partial charge is 0.345 e. The summed E-state index contributed by atoms with van der Waals surface area (Å²) in [5.74, 6) is 0.138. The molecule has 1 aromatic heterocycles. The van der Waals surface area contributed by atoms with Crippen LogP contribution in [0, 0.1) is 5.82 Å². The first-order valence-corrected chi connectivity index (χ1v) is 8.84. The highest BCUT2D eigenvalue weighted by Gasteiger charge is 2.30. The van der Waals surface area contributed by atoms with Crippen LogP contribution in [-0.2, 0) is 11.3 Å². The molecule has 0 radical (unpaired) electrons. The first-order chi connectivity index (χ1) is 12.7. The molecule has 1 aliphatic rings. The number of benzene rings is 2. The van der Waals surface area contributed by atoms with E-state index in [0.29, 0.717) is 0 Å². The number of rotatable bonds is 4. The molecule has 1 amide bonds. The van der Waals surface area contributed by atoms with Crippen LogP contribution >= 0.6 is 0 Å². The highest BCUT2D eigenvalue weighted by atomic mass is 19.1. The van der Waals surface area contributed by atoms with Gasteiger partial charge in [0.15, 0.2) is 0 Å². The molecule has 0 bridgehead atoms. The molecule has 2 atom stereocenters. The zero-order chi connectivity index (χ0) is 17.9. The van der Waals surface area contributed by atoms with Gasteiger partial charge in [0, 0.05) is 18.9 Å². The Morgan fingerprint density at radius 3 is 2.77 bits per heavy atom. The van der Waals surface area contributed by atoms with Crippen molar-refractivity contribution in [2.24, 2.45) is 0 Å². The van der Waals surface area contributed by atoms with E-state index in [1.54, 1.807) is 12.3 Å². The van der Waals surface area contributed by atoms with Crippen molar-refractivity contribution in [2.45, 2.75) is 31.3 Å². The molecule has 2 heterocycles. The van der Waals surface area contributed by atoms with Gasteiger partial charge in [-0.25, -0.2) is 9.37 Å². The third-order valence-electron chi connectivity index (χ3n) is 4.87. The standard InChI is InChI=1S/C21H20FN3O/c22-17-9-4-8-16(14-17)19(15-6-2-1-3-7-15)24-21(26)18-10-5-12-25-13-11-23-20(18)25/h1-4,6-9,11,13-14,18-19H,5,10,12H2,(H,24,26)/t18-,19+/m1/s1. The third-order valence-corrected chi connectivity index (χ3v) is 4.87. The van der Waals surface area contributed by atoms with Gasteiger partial charge in [-0.2, -0.15) is 0 Å². The van der Waals surface area contributed by atoms with Crippen molar-refractivity contribution in [3.63, 3.8) is 0 Å². The summed E-state index contributed by atoms with van der Waals surface area (Å²) in [5, 5.41) is 3.12. The molecule has 1 aliphatic heterocycles. The van der Waals surface area contributed by atoms with Gasteiger partial charge in [-0.05, 0) is 36.1 Å². The maximum atomic E-state index is 13.8. The summed E-state index contributed by atoms with van der Waals surface area (Å²) < 4.78 is 15.8. The van der Waals surface area contributed by atoms with Gasteiger partial charge < -0.3 is 9.88 Å². The van der Waals surface area contributed by atoms with E-state index in [-0.39, 0.29) is 17.6 Å². The smallest absolute Gasteiger partial charge is 0.231 e. The van der Waals surface area contributed by atoms with Crippen LogP contribution in [0.4, 0.5) is 4.39 Å². The topological polar surface area (TPSA) is 46.9 Å². The summed E-state index contributed by atoms with van der Waals surface area (Å²) in [5.41, 5.74) is 1.65. The Balaban J connectivity index is 1.65. The molecule has 4 rings (SSSR count). The van der Waals surface area contributed by atoms with E-state index in [1.165, 1.54) is 12.1 Å². The van der Waals surface area contributed by atoms with Crippen molar-refractivity contribution in [2.75, 3.05) is 0 Å². The molecule has 26 heavy (non-hydrogen) atoms. The van der Waals surface area contributed by atoms with Crippen LogP contribution in [0.15, 0.2) is 67.0 Å². The van der Waals surface area contributed by atoms with Gasteiger partial charge in [0.1, 0.15) is 11.6 Å². The number of amides is 1. The van der Waals surface area contributed by atoms with E-state index >= 15 is 0 Å². The number of carbonyl (C=O) groups excluding carboxylic acids is 1. The number of fused-ring (bicyclic) bond motifs is 1. The van der Waals surface area contributed by atoms with Gasteiger partial charge in [-0.15, -0.1) is 0 Å². The zero-order valence-corrected chi connectivity index (χ0v) is 14.3. The lowest BCUT2D eigenvalue weighted by Crippen LogP contribution is -2.36. The maximum Gasteiger partial charge on any atom is 0.231 e. The second-order valence-electron chi connectivity index (χ2n) is 6.58. The van der Waals surface area contributed by atoms with Gasteiger partial charge in [-0.3, -0.25) is 4.79 Å². The predicted molar refractivity (Wildman–Crippen MR) is 97.0 cm³/mol. The van der Waals surface area contributed by atoms with Gasteiger partial charge in [0.2, 0.25) is 5.91 Å².